The predicted molar refractivity (Wildman–Crippen MR) is 88.9 cm³/mol. The Morgan fingerprint density at radius 1 is 0.773 bits per heavy atom. The third-order valence-corrected chi connectivity index (χ3v) is 3.87. The number of nitriles is 2. The Balaban J connectivity index is 3.43. The Hall–Kier alpha value is -1.55. The van der Waals surface area contributed by atoms with Crippen LogP contribution >= 0.6 is 0 Å². The quantitative estimate of drug-likeness (QED) is 0.349. The zero-order valence-corrected chi connectivity index (χ0v) is 14.1. The van der Waals surface area contributed by atoms with Crippen LogP contribution in [0, 0.1) is 22.7 Å². The second-order valence-electron chi connectivity index (χ2n) is 5.85. The molecule has 0 aliphatic rings. The molecule has 0 saturated carbocycles. The first-order chi connectivity index (χ1) is 10.8. The van der Waals surface area contributed by atoms with Crippen LogP contribution in [0.15, 0.2) is 0 Å². The number of rotatable bonds is 14. The van der Waals surface area contributed by atoms with Crippen LogP contribution in [0.2, 0.25) is 0 Å². The number of amides is 1. The van der Waals surface area contributed by atoms with Crippen LogP contribution in [0.1, 0.15) is 84.0 Å². The lowest BCUT2D eigenvalue weighted by molar-refractivity contribution is -0.130. The molecule has 0 aromatic carbocycles. The lowest BCUT2D eigenvalue weighted by atomic mass is 10.1. The summed E-state index contributed by atoms with van der Waals surface area (Å²) in [5.41, 5.74) is 0. The van der Waals surface area contributed by atoms with Crippen LogP contribution in [0.5, 0.6) is 0 Å². The average Bonchev–Trinajstić information content (AvgIpc) is 2.52. The zero-order chi connectivity index (χ0) is 16.5. The van der Waals surface area contributed by atoms with E-state index in [2.05, 4.69) is 6.92 Å². The summed E-state index contributed by atoms with van der Waals surface area (Å²) in [6.07, 6.45) is 14.2. The largest absolute Gasteiger partial charge is 0.316 e. The molecule has 0 spiro atoms. The Kier molecular flexibility index (Phi) is 14.7. The van der Waals surface area contributed by atoms with Crippen molar-refractivity contribution < 1.29 is 4.79 Å². The van der Waals surface area contributed by atoms with E-state index in [1.165, 1.54) is 62.7 Å². The fourth-order valence-electron chi connectivity index (χ4n) is 2.50. The van der Waals surface area contributed by atoms with Crippen molar-refractivity contribution >= 4 is 5.91 Å². The molecule has 0 saturated heterocycles. The first kappa shape index (κ1) is 20.5. The monoisotopic (exact) mass is 305 g/mol. The van der Waals surface area contributed by atoms with Crippen LogP contribution in [-0.4, -0.2) is 23.9 Å². The maximum Gasteiger partial charge on any atom is 0.224 e. The van der Waals surface area contributed by atoms with Crippen molar-refractivity contribution in [3.8, 4) is 12.1 Å². The van der Waals surface area contributed by atoms with Gasteiger partial charge in [0.15, 0.2) is 0 Å². The van der Waals surface area contributed by atoms with E-state index < -0.39 is 0 Å². The van der Waals surface area contributed by atoms with Crippen LogP contribution in [0.25, 0.3) is 0 Å². The summed E-state index contributed by atoms with van der Waals surface area (Å²) in [4.78, 5) is 13.1. The lowest BCUT2D eigenvalue weighted by Crippen LogP contribution is -2.31. The molecule has 0 aliphatic carbocycles. The Bertz CT molecular complexity index is 338. The zero-order valence-electron chi connectivity index (χ0n) is 14.1. The van der Waals surface area contributed by atoms with E-state index in [4.69, 9.17) is 10.5 Å². The van der Waals surface area contributed by atoms with Gasteiger partial charge in [-0.15, -0.1) is 0 Å². The van der Waals surface area contributed by atoms with Crippen molar-refractivity contribution in [2.24, 2.45) is 0 Å². The highest BCUT2D eigenvalue weighted by Gasteiger charge is 2.11. The van der Waals surface area contributed by atoms with Crippen molar-refractivity contribution in [3.05, 3.63) is 0 Å². The average molecular weight is 305 g/mol. The first-order valence-electron chi connectivity index (χ1n) is 8.78. The van der Waals surface area contributed by atoms with E-state index in [1.807, 2.05) is 12.1 Å². The lowest BCUT2D eigenvalue weighted by Gasteiger charge is -2.15. The van der Waals surface area contributed by atoms with Gasteiger partial charge in [-0.2, -0.15) is 10.5 Å². The summed E-state index contributed by atoms with van der Waals surface area (Å²) in [7, 11) is 0. The van der Waals surface area contributed by atoms with Gasteiger partial charge < -0.3 is 4.90 Å². The van der Waals surface area contributed by atoms with Gasteiger partial charge in [-0.05, 0) is 6.42 Å². The highest BCUT2D eigenvalue weighted by molar-refractivity contribution is 5.76. The molecule has 0 N–H and O–H groups in total. The Morgan fingerprint density at radius 2 is 1.18 bits per heavy atom. The molecule has 4 nitrogen and oxygen atoms in total. The van der Waals surface area contributed by atoms with E-state index in [9.17, 15) is 4.79 Å². The minimum atomic E-state index is -0.0703. The first-order valence-corrected chi connectivity index (χ1v) is 8.78. The van der Waals surface area contributed by atoms with Crippen molar-refractivity contribution in [2.45, 2.75) is 84.0 Å². The minimum absolute atomic E-state index is 0.0183. The molecular weight excluding hydrogens is 274 g/mol. The Morgan fingerprint density at radius 3 is 1.59 bits per heavy atom. The van der Waals surface area contributed by atoms with Crippen molar-refractivity contribution in [1.82, 2.24) is 4.90 Å². The maximum atomic E-state index is 11.8. The number of hydrogen-bond donors (Lipinski definition) is 0. The molecule has 124 valence electrons. The highest BCUT2D eigenvalue weighted by Crippen LogP contribution is 2.12. The molecule has 0 rings (SSSR count). The van der Waals surface area contributed by atoms with E-state index in [-0.39, 0.29) is 19.0 Å². The molecule has 0 fully saturated rings. The van der Waals surface area contributed by atoms with Gasteiger partial charge >= 0.3 is 0 Å². The summed E-state index contributed by atoms with van der Waals surface area (Å²) in [5.74, 6) is -0.0703. The minimum Gasteiger partial charge on any atom is -0.316 e. The van der Waals surface area contributed by atoms with Crippen LogP contribution < -0.4 is 0 Å². The Labute approximate surface area is 136 Å². The molecule has 0 aromatic rings. The van der Waals surface area contributed by atoms with E-state index in [0.29, 0.717) is 6.42 Å². The van der Waals surface area contributed by atoms with Crippen molar-refractivity contribution in [3.63, 3.8) is 0 Å². The van der Waals surface area contributed by atoms with Crippen molar-refractivity contribution in [1.29, 1.82) is 10.5 Å². The topological polar surface area (TPSA) is 67.9 Å². The van der Waals surface area contributed by atoms with Crippen molar-refractivity contribution in [2.75, 3.05) is 13.1 Å². The van der Waals surface area contributed by atoms with Gasteiger partial charge in [0, 0.05) is 6.42 Å². The fourth-order valence-corrected chi connectivity index (χ4v) is 2.50. The number of hydrogen-bond acceptors (Lipinski definition) is 3. The maximum absolute atomic E-state index is 11.8. The third kappa shape index (κ3) is 12.2. The summed E-state index contributed by atoms with van der Waals surface area (Å²) < 4.78 is 0. The van der Waals surface area contributed by atoms with E-state index >= 15 is 0 Å². The molecule has 0 unspecified atom stereocenters. The smallest absolute Gasteiger partial charge is 0.224 e. The van der Waals surface area contributed by atoms with Gasteiger partial charge in [-0.25, -0.2) is 0 Å². The normalized spacial score (nSPS) is 9.95. The summed E-state index contributed by atoms with van der Waals surface area (Å²) >= 11 is 0. The number of carbonyl (C=O) groups is 1. The van der Waals surface area contributed by atoms with Gasteiger partial charge in [0.1, 0.15) is 13.1 Å². The van der Waals surface area contributed by atoms with E-state index in [0.717, 1.165) is 12.8 Å². The highest BCUT2D eigenvalue weighted by atomic mass is 16.2. The third-order valence-electron chi connectivity index (χ3n) is 3.87. The molecular formula is C18H31N3O. The summed E-state index contributed by atoms with van der Waals surface area (Å²) in [6.45, 7) is 2.28. The standard InChI is InChI=1S/C18H31N3O/c1-2-3-4-5-6-7-8-9-10-11-12-13-18(22)21(16-14-19)17-15-20/h2-13,16-17H2,1H3. The van der Waals surface area contributed by atoms with Gasteiger partial charge in [-0.3, -0.25) is 4.79 Å². The van der Waals surface area contributed by atoms with Gasteiger partial charge in [0.2, 0.25) is 5.91 Å². The molecule has 0 bridgehead atoms. The SMILES string of the molecule is CCCCCCCCCCCCCC(=O)N(CC#N)CC#N. The van der Waals surface area contributed by atoms with Gasteiger partial charge in [0.05, 0.1) is 12.1 Å². The molecule has 0 atom stereocenters. The van der Waals surface area contributed by atoms with Crippen LogP contribution in [0.3, 0.4) is 0 Å². The molecule has 0 radical (unpaired) electrons. The number of unbranched alkanes of at least 4 members (excludes halogenated alkanes) is 10. The number of carbonyl (C=O) groups excluding carboxylic acids is 1. The predicted octanol–water partition coefficient (Wildman–Crippen LogP) is 4.56. The molecule has 0 aromatic heterocycles. The molecule has 0 aliphatic heterocycles. The van der Waals surface area contributed by atoms with Crippen LogP contribution in [0.4, 0.5) is 0 Å². The molecule has 22 heavy (non-hydrogen) atoms. The summed E-state index contributed by atoms with van der Waals surface area (Å²) in [6, 6.07) is 3.86. The molecule has 1 amide bonds. The molecule has 4 heteroatoms. The van der Waals surface area contributed by atoms with Gasteiger partial charge in [0.25, 0.3) is 0 Å². The van der Waals surface area contributed by atoms with E-state index in [1.54, 1.807) is 0 Å². The van der Waals surface area contributed by atoms with Crippen LogP contribution in [-0.2, 0) is 4.79 Å². The second-order valence-corrected chi connectivity index (χ2v) is 5.85. The summed E-state index contributed by atoms with van der Waals surface area (Å²) in [5, 5.41) is 17.2. The molecule has 0 heterocycles. The van der Waals surface area contributed by atoms with Gasteiger partial charge in [-0.1, -0.05) is 71.1 Å². The fraction of sp³-hybridized carbons (Fsp3) is 0.833. The second kappa shape index (κ2) is 15.8. The number of nitrogens with zero attached hydrogens (tertiary/aromatic N) is 3.